The van der Waals surface area contributed by atoms with E-state index in [2.05, 4.69) is 15.4 Å². The summed E-state index contributed by atoms with van der Waals surface area (Å²) in [6.45, 7) is 0.737. The van der Waals surface area contributed by atoms with Crippen molar-refractivity contribution in [2.75, 3.05) is 36.0 Å². The average Bonchev–Trinajstić information content (AvgIpc) is 3.29. The van der Waals surface area contributed by atoms with Gasteiger partial charge in [0.25, 0.3) is 5.95 Å². The first-order valence-electron chi connectivity index (χ1n) is 13.1. The number of benzene rings is 2. The van der Waals surface area contributed by atoms with E-state index in [0.29, 0.717) is 24.1 Å². The monoisotopic (exact) mass is 625 g/mol. The maximum absolute atomic E-state index is 13.9. The molecule has 1 atom stereocenters. The van der Waals surface area contributed by atoms with Gasteiger partial charge in [-0.25, -0.2) is 0 Å². The lowest BCUT2D eigenvalue weighted by atomic mass is 9.94. The fourth-order valence-electron chi connectivity index (χ4n) is 5.18. The van der Waals surface area contributed by atoms with Gasteiger partial charge in [0.15, 0.2) is 0 Å². The third-order valence-electron chi connectivity index (χ3n) is 7.06. The standard InChI is InChI=1S/C26H28F9N7O/c1-15-9-19-21(3-2-5-40(7-8-43)22(19)13-20(15)26(33,34)35)41(23-37-39-42(38-23)6-4-36)14-16-10-17(24(27,28)29)12-18(11-16)25(30,31)32/h9-13,21,43H,2-8,14,36H2,1H3. The number of β-amino-alcohol motifs (C(OH)–C–C–N with tert-alkyl or cyclic N) is 1. The van der Waals surface area contributed by atoms with E-state index in [1.165, 1.54) is 17.9 Å². The van der Waals surface area contributed by atoms with Crippen LogP contribution >= 0.6 is 0 Å². The summed E-state index contributed by atoms with van der Waals surface area (Å²) in [4.78, 5) is 4.00. The Bertz CT molecular complexity index is 1390. The number of aliphatic hydroxyl groups is 1. The molecule has 2 heterocycles. The number of alkyl halides is 9. The largest absolute Gasteiger partial charge is 0.416 e. The number of anilines is 2. The van der Waals surface area contributed by atoms with Crippen LogP contribution in [0.1, 0.15) is 52.3 Å². The van der Waals surface area contributed by atoms with Gasteiger partial charge in [0.2, 0.25) is 0 Å². The number of halogens is 9. The second-order valence-corrected chi connectivity index (χ2v) is 10.1. The number of rotatable bonds is 8. The second kappa shape index (κ2) is 12.2. The first kappa shape index (κ1) is 32.3. The van der Waals surface area contributed by atoms with Gasteiger partial charge in [0.1, 0.15) is 0 Å². The molecular weight excluding hydrogens is 597 g/mol. The third-order valence-corrected chi connectivity index (χ3v) is 7.06. The number of hydrogen-bond donors (Lipinski definition) is 2. The highest BCUT2D eigenvalue weighted by molar-refractivity contribution is 5.62. The minimum atomic E-state index is -5.09. The van der Waals surface area contributed by atoms with Crippen LogP contribution in [-0.4, -0.2) is 51.6 Å². The number of aliphatic hydroxyl groups excluding tert-OH is 1. The summed E-state index contributed by atoms with van der Waals surface area (Å²) in [5, 5.41) is 21.6. The molecular formula is C26H28F9N7O. The highest BCUT2D eigenvalue weighted by atomic mass is 19.4. The summed E-state index contributed by atoms with van der Waals surface area (Å²) < 4.78 is 123. The predicted molar refractivity (Wildman–Crippen MR) is 137 cm³/mol. The molecule has 1 aliphatic rings. The van der Waals surface area contributed by atoms with Crippen LogP contribution in [-0.2, 0) is 31.6 Å². The van der Waals surface area contributed by atoms with Crippen LogP contribution in [0.15, 0.2) is 30.3 Å². The molecule has 1 unspecified atom stereocenters. The van der Waals surface area contributed by atoms with Crippen LogP contribution < -0.4 is 15.5 Å². The van der Waals surface area contributed by atoms with Gasteiger partial charge >= 0.3 is 18.5 Å². The van der Waals surface area contributed by atoms with Crippen LogP contribution in [0.4, 0.5) is 51.1 Å². The number of aromatic nitrogens is 4. The van der Waals surface area contributed by atoms with Gasteiger partial charge in [-0.3, -0.25) is 0 Å². The van der Waals surface area contributed by atoms with E-state index in [1.54, 1.807) is 4.90 Å². The molecule has 0 bridgehead atoms. The normalized spacial score (nSPS) is 16.3. The molecule has 0 radical (unpaired) electrons. The van der Waals surface area contributed by atoms with E-state index in [0.717, 1.165) is 10.9 Å². The summed E-state index contributed by atoms with van der Waals surface area (Å²) in [6.07, 6.45) is -14.3. The van der Waals surface area contributed by atoms with E-state index < -0.39 is 47.8 Å². The summed E-state index contributed by atoms with van der Waals surface area (Å²) in [5.41, 5.74) is 1.52. The molecule has 0 aliphatic carbocycles. The lowest BCUT2D eigenvalue weighted by Crippen LogP contribution is -2.31. The number of nitrogens with zero attached hydrogens (tertiary/aromatic N) is 6. The van der Waals surface area contributed by atoms with Crippen molar-refractivity contribution in [1.29, 1.82) is 0 Å². The summed E-state index contributed by atoms with van der Waals surface area (Å²) in [7, 11) is 0. The Labute approximate surface area is 239 Å². The molecule has 3 N–H and O–H groups in total. The van der Waals surface area contributed by atoms with E-state index >= 15 is 0 Å². The van der Waals surface area contributed by atoms with Crippen molar-refractivity contribution in [2.45, 2.75) is 57.4 Å². The summed E-state index contributed by atoms with van der Waals surface area (Å²) in [5.74, 6) is -0.163. The lowest BCUT2D eigenvalue weighted by molar-refractivity contribution is -0.143. The van der Waals surface area contributed by atoms with Gasteiger partial charge in [0, 0.05) is 31.9 Å². The van der Waals surface area contributed by atoms with Gasteiger partial charge in [-0.1, -0.05) is 11.2 Å². The molecule has 2 aromatic carbocycles. The molecule has 0 saturated carbocycles. The molecule has 0 spiro atoms. The Balaban J connectivity index is 1.91. The molecule has 0 amide bonds. The number of hydrogen-bond acceptors (Lipinski definition) is 7. The SMILES string of the molecule is Cc1cc2c(cc1C(F)(F)F)N(CCO)CCCC2N(Cc1cc(C(F)(F)F)cc(C(F)(F)F)c1)c1nnn(CCN)n1. The highest BCUT2D eigenvalue weighted by Crippen LogP contribution is 2.44. The fraction of sp³-hybridized carbons (Fsp3) is 0.500. The van der Waals surface area contributed by atoms with E-state index in [-0.39, 0.29) is 68.0 Å². The van der Waals surface area contributed by atoms with Crippen molar-refractivity contribution in [3.05, 3.63) is 63.7 Å². The maximum Gasteiger partial charge on any atom is 0.416 e. The Kier molecular flexibility index (Phi) is 9.16. The van der Waals surface area contributed by atoms with Crippen LogP contribution in [0.5, 0.6) is 0 Å². The quantitative estimate of drug-likeness (QED) is 0.327. The predicted octanol–water partition coefficient (Wildman–Crippen LogP) is 5.34. The zero-order valence-corrected chi connectivity index (χ0v) is 22.7. The molecule has 0 fully saturated rings. The average molecular weight is 626 g/mol. The Morgan fingerprint density at radius 2 is 1.58 bits per heavy atom. The molecule has 0 saturated heterocycles. The zero-order chi connectivity index (χ0) is 31.7. The van der Waals surface area contributed by atoms with Crippen molar-refractivity contribution >= 4 is 11.6 Å². The van der Waals surface area contributed by atoms with Crippen LogP contribution in [0, 0.1) is 6.92 Å². The third kappa shape index (κ3) is 7.31. The molecule has 3 aromatic rings. The van der Waals surface area contributed by atoms with Gasteiger partial charge in [0.05, 0.1) is 35.9 Å². The Hall–Kier alpha value is -3.60. The minimum Gasteiger partial charge on any atom is -0.395 e. The van der Waals surface area contributed by atoms with Gasteiger partial charge in [-0.2, -0.15) is 44.3 Å². The fourth-order valence-corrected chi connectivity index (χ4v) is 5.18. The van der Waals surface area contributed by atoms with Crippen LogP contribution in [0.25, 0.3) is 0 Å². The summed E-state index contributed by atoms with van der Waals surface area (Å²) >= 11 is 0. The maximum atomic E-state index is 13.9. The Morgan fingerprint density at radius 1 is 0.930 bits per heavy atom. The van der Waals surface area contributed by atoms with Crippen LogP contribution in [0.2, 0.25) is 0 Å². The number of nitrogens with two attached hydrogens (primary N) is 1. The smallest absolute Gasteiger partial charge is 0.395 e. The minimum absolute atomic E-state index is 0.00637. The van der Waals surface area contributed by atoms with Gasteiger partial charge < -0.3 is 20.6 Å². The highest BCUT2D eigenvalue weighted by Gasteiger charge is 2.39. The van der Waals surface area contributed by atoms with Crippen molar-refractivity contribution in [1.82, 2.24) is 20.2 Å². The topological polar surface area (TPSA) is 96.3 Å². The molecule has 4 rings (SSSR count). The molecule has 1 aliphatic heterocycles. The van der Waals surface area contributed by atoms with E-state index in [4.69, 9.17) is 5.73 Å². The van der Waals surface area contributed by atoms with Gasteiger partial charge in [-0.05, 0) is 65.9 Å². The first-order chi connectivity index (χ1) is 20.0. The molecule has 8 nitrogen and oxygen atoms in total. The molecule has 17 heteroatoms. The van der Waals surface area contributed by atoms with Crippen LogP contribution in [0.3, 0.4) is 0 Å². The number of fused-ring (bicyclic) bond motifs is 1. The van der Waals surface area contributed by atoms with Crippen molar-refractivity contribution in [3.8, 4) is 0 Å². The first-order valence-corrected chi connectivity index (χ1v) is 13.1. The zero-order valence-electron chi connectivity index (χ0n) is 22.7. The molecule has 236 valence electrons. The van der Waals surface area contributed by atoms with Crippen molar-refractivity contribution in [2.24, 2.45) is 5.73 Å². The number of tetrazole rings is 1. The number of aryl methyl sites for hydroxylation is 1. The second-order valence-electron chi connectivity index (χ2n) is 10.1. The summed E-state index contributed by atoms with van der Waals surface area (Å²) in [6, 6.07) is 2.53. The van der Waals surface area contributed by atoms with Crippen molar-refractivity contribution in [3.63, 3.8) is 0 Å². The Morgan fingerprint density at radius 3 is 2.14 bits per heavy atom. The van der Waals surface area contributed by atoms with Crippen molar-refractivity contribution < 1.29 is 44.6 Å². The molecule has 43 heavy (non-hydrogen) atoms. The van der Waals surface area contributed by atoms with Gasteiger partial charge in [-0.15, -0.1) is 5.10 Å². The van der Waals surface area contributed by atoms with E-state index in [1.807, 2.05) is 0 Å². The van der Waals surface area contributed by atoms with E-state index in [9.17, 15) is 44.6 Å². The molecule has 1 aromatic heterocycles. The lowest BCUT2D eigenvalue weighted by Gasteiger charge is -2.33.